The summed E-state index contributed by atoms with van der Waals surface area (Å²) in [7, 11) is 0. The molecule has 24 heavy (non-hydrogen) atoms. The molecule has 1 aliphatic rings. The van der Waals surface area contributed by atoms with Crippen molar-refractivity contribution in [1.82, 2.24) is 15.2 Å². The predicted octanol–water partition coefficient (Wildman–Crippen LogP) is 3.01. The highest BCUT2D eigenvalue weighted by Crippen LogP contribution is 2.33. The number of aromatic nitrogens is 3. The van der Waals surface area contributed by atoms with Gasteiger partial charge in [-0.25, -0.2) is 0 Å². The highest BCUT2D eigenvalue weighted by atomic mass is 16.6. The second-order valence-electron chi connectivity index (χ2n) is 5.61. The number of benzene rings is 1. The Bertz CT molecular complexity index is 674. The summed E-state index contributed by atoms with van der Waals surface area (Å²) in [6.07, 6.45) is 3.84. The number of rotatable bonds is 7. The van der Waals surface area contributed by atoms with Crippen molar-refractivity contribution >= 4 is 17.5 Å². The minimum Gasteiger partial charge on any atom is -0.486 e. The molecule has 0 unspecified atom stereocenters. The van der Waals surface area contributed by atoms with E-state index in [-0.39, 0.29) is 0 Å². The fourth-order valence-corrected chi connectivity index (χ4v) is 2.63. The highest BCUT2D eigenvalue weighted by molar-refractivity contribution is 5.60. The molecule has 7 nitrogen and oxygen atoms in total. The van der Waals surface area contributed by atoms with E-state index in [0.29, 0.717) is 19.2 Å². The molecule has 0 spiro atoms. The molecule has 1 aromatic heterocycles. The van der Waals surface area contributed by atoms with E-state index in [9.17, 15) is 0 Å². The minimum absolute atomic E-state index is 0.474. The van der Waals surface area contributed by atoms with Crippen molar-refractivity contribution in [1.29, 1.82) is 0 Å². The van der Waals surface area contributed by atoms with Crippen molar-refractivity contribution in [3.63, 3.8) is 0 Å². The van der Waals surface area contributed by atoms with E-state index in [1.165, 1.54) is 0 Å². The molecule has 7 heteroatoms. The van der Waals surface area contributed by atoms with Crippen LogP contribution in [0, 0.1) is 0 Å². The monoisotopic (exact) mass is 329 g/mol. The quantitative estimate of drug-likeness (QED) is 0.837. The third-order valence-corrected chi connectivity index (χ3v) is 3.66. The van der Waals surface area contributed by atoms with Crippen LogP contribution < -0.4 is 19.7 Å². The zero-order valence-corrected chi connectivity index (χ0v) is 14.2. The van der Waals surface area contributed by atoms with Crippen LogP contribution in [-0.4, -0.2) is 41.5 Å². The number of ether oxygens (including phenoxy) is 2. The van der Waals surface area contributed by atoms with E-state index in [0.717, 1.165) is 48.9 Å². The molecule has 0 saturated heterocycles. The summed E-state index contributed by atoms with van der Waals surface area (Å²) < 4.78 is 11.1. The maximum Gasteiger partial charge on any atom is 0.249 e. The molecule has 0 saturated carbocycles. The second kappa shape index (κ2) is 7.81. The minimum atomic E-state index is 0.474. The van der Waals surface area contributed by atoms with Crippen LogP contribution in [0.1, 0.15) is 26.7 Å². The van der Waals surface area contributed by atoms with Gasteiger partial charge >= 0.3 is 0 Å². The highest BCUT2D eigenvalue weighted by Gasteiger charge is 2.13. The summed E-state index contributed by atoms with van der Waals surface area (Å²) in [5.41, 5.74) is 0.843. The van der Waals surface area contributed by atoms with Crippen LogP contribution in [0.2, 0.25) is 0 Å². The smallest absolute Gasteiger partial charge is 0.249 e. The van der Waals surface area contributed by atoms with Gasteiger partial charge in [-0.3, -0.25) is 0 Å². The molecular weight excluding hydrogens is 306 g/mol. The molecule has 0 amide bonds. The zero-order valence-electron chi connectivity index (χ0n) is 14.2. The van der Waals surface area contributed by atoms with Crippen molar-refractivity contribution in [2.75, 3.05) is 36.5 Å². The lowest BCUT2D eigenvalue weighted by molar-refractivity contribution is 0.171. The Morgan fingerprint density at radius 2 is 1.83 bits per heavy atom. The maximum absolute atomic E-state index is 5.60. The van der Waals surface area contributed by atoms with Crippen molar-refractivity contribution in [3.8, 4) is 11.5 Å². The summed E-state index contributed by atoms with van der Waals surface area (Å²) in [6, 6.07) is 5.69. The first kappa shape index (κ1) is 16.3. The first-order valence-corrected chi connectivity index (χ1v) is 8.41. The van der Waals surface area contributed by atoms with Gasteiger partial charge < -0.3 is 19.7 Å². The van der Waals surface area contributed by atoms with Gasteiger partial charge in [0, 0.05) is 24.8 Å². The molecule has 1 aromatic carbocycles. The Kier molecular flexibility index (Phi) is 5.30. The average Bonchev–Trinajstić information content (AvgIpc) is 2.62. The van der Waals surface area contributed by atoms with E-state index in [2.05, 4.69) is 39.2 Å². The van der Waals surface area contributed by atoms with Crippen LogP contribution in [0.3, 0.4) is 0 Å². The molecule has 0 fully saturated rings. The second-order valence-corrected chi connectivity index (χ2v) is 5.61. The Labute approximate surface area is 142 Å². The van der Waals surface area contributed by atoms with Crippen LogP contribution in [0.15, 0.2) is 24.4 Å². The van der Waals surface area contributed by atoms with Gasteiger partial charge in [-0.1, -0.05) is 13.8 Å². The number of hydrogen-bond donors (Lipinski definition) is 1. The van der Waals surface area contributed by atoms with E-state index in [1.807, 2.05) is 18.2 Å². The number of anilines is 3. The summed E-state index contributed by atoms with van der Waals surface area (Å²) in [4.78, 5) is 6.81. The number of nitrogens with one attached hydrogen (secondary N) is 1. The lowest BCUT2D eigenvalue weighted by Gasteiger charge is -2.22. The largest absolute Gasteiger partial charge is 0.486 e. The molecule has 0 bridgehead atoms. The van der Waals surface area contributed by atoms with Crippen molar-refractivity contribution in [2.24, 2.45) is 0 Å². The maximum atomic E-state index is 5.60. The van der Waals surface area contributed by atoms with Gasteiger partial charge in [0.2, 0.25) is 5.95 Å². The summed E-state index contributed by atoms with van der Waals surface area (Å²) in [5, 5.41) is 11.3. The number of nitrogens with zero attached hydrogens (tertiary/aromatic N) is 4. The molecule has 2 heterocycles. The normalized spacial score (nSPS) is 12.8. The van der Waals surface area contributed by atoms with Gasteiger partial charge in [-0.05, 0) is 25.0 Å². The number of hydrogen-bond acceptors (Lipinski definition) is 7. The lowest BCUT2D eigenvalue weighted by Crippen LogP contribution is -2.26. The van der Waals surface area contributed by atoms with Gasteiger partial charge in [-0.2, -0.15) is 10.1 Å². The average molecular weight is 329 g/mol. The van der Waals surface area contributed by atoms with Crippen molar-refractivity contribution < 1.29 is 9.47 Å². The molecule has 0 aliphatic carbocycles. The van der Waals surface area contributed by atoms with Crippen LogP contribution in [0.4, 0.5) is 17.5 Å². The van der Waals surface area contributed by atoms with E-state index >= 15 is 0 Å². The topological polar surface area (TPSA) is 72.4 Å². The SMILES string of the molecule is CCCN(CCC)c1cnnc(Nc2ccc3c(c2)OCCO3)n1. The van der Waals surface area contributed by atoms with Gasteiger partial charge in [0.15, 0.2) is 17.3 Å². The first-order valence-electron chi connectivity index (χ1n) is 8.41. The van der Waals surface area contributed by atoms with Gasteiger partial charge in [0.05, 0.1) is 6.20 Å². The van der Waals surface area contributed by atoms with Gasteiger partial charge in [0.25, 0.3) is 0 Å². The van der Waals surface area contributed by atoms with Crippen LogP contribution in [-0.2, 0) is 0 Å². The predicted molar refractivity (Wildman–Crippen MR) is 93.3 cm³/mol. The molecule has 128 valence electrons. The summed E-state index contributed by atoms with van der Waals surface area (Å²) in [6.45, 7) is 7.37. The van der Waals surface area contributed by atoms with Gasteiger partial charge in [0.1, 0.15) is 13.2 Å². The Morgan fingerprint density at radius 3 is 2.58 bits per heavy atom. The van der Waals surface area contributed by atoms with Gasteiger partial charge in [-0.15, -0.1) is 5.10 Å². The van der Waals surface area contributed by atoms with E-state index in [4.69, 9.17) is 9.47 Å². The lowest BCUT2D eigenvalue weighted by atomic mass is 10.2. The Balaban J connectivity index is 1.76. The molecule has 1 aliphatic heterocycles. The van der Waals surface area contributed by atoms with Crippen molar-refractivity contribution in [2.45, 2.75) is 26.7 Å². The van der Waals surface area contributed by atoms with E-state index in [1.54, 1.807) is 6.20 Å². The summed E-state index contributed by atoms with van der Waals surface area (Å²) >= 11 is 0. The molecule has 0 radical (unpaired) electrons. The fourth-order valence-electron chi connectivity index (χ4n) is 2.63. The van der Waals surface area contributed by atoms with Crippen LogP contribution >= 0.6 is 0 Å². The standard InChI is InChI=1S/C17H23N5O2/c1-3-7-22(8-4-2)16-12-18-21-17(20-16)19-13-5-6-14-15(11-13)24-10-9-23-14/h5-6,11-12H,3-4,7-10H2,1-2H3,(H,19,20,21). The third kappa shape index (κ3) is 3.84. The Hall–Kier alpha value is -2.57. The molecule has 0 atom stereocenters. The molecule has 2 aromatic rings. The fraction of sp³-hybridized carbons (Fsp3) is 0.471. The number of fused-ring (bicyclic) bond motifs is 1. The first-order chi connectivity index (χ1) is 11.8. The molecule has 1 N–H and O–H groups in total. The van der Waals surface area contributed by atoms with Crippen LogP contribution in [0.25, 0.3) is 0 Å². The van der Waals surface area contributed by atoms with Crippen molar-refractivity contribution in [3.05, 3.63) is 24.4 Å². The zero-order chi connectivity index (χ0) is 16.8. The molecular formula is C17H23N5O2. The molecule has 3 rings (SSSR count). The Morgan fingerprint density at radius 1 is 1.08 bits per heavy atom. The van der Waals surface area contributed by atoms with E-state index < -0.39 is 0 Å². The van der Waals surface area contributed by atoms with Crippen LogP contribution in [0.5, 0.6) is 11.5 Å². The summed E-state index contributed by atoms with van der Waals surface area (Å²) in [5.74, 6) is 2.81. The third-order valence-electron chi connectivity index (χ3n) is 3.66.